The fourth-order valence-electron chi connectivity index (χ4n) is 4.04. The predicted octanol–water partition coefficient (Wildman–Crippen LogP) is 5.40. The summed E-state index contributed by atoms with van der Waals surface area (Å²) in [6.45, 7) is 4.87. The molecule has 3 N–H and O–H groups in total. The molecular formula is C29H37F3N2O6. The molecule has 3 rings (SSSR count). The number of carboxylic acids is 2. The zero-order valence-electron chi connectivity index (χ0n) is 22.5. The van der Waals surface area contributed by atoms with Gasteiger partial charge in [-0.15, -0.1) is 0 Å². The van der Waals surface area contributed by atoms with Crippen molar-refractivity contribution in [1.29, 1.82) is 0 Å². The summed E-state index contributed by atoms with van der Waals surface area (Å²) in [5.74, 6) is -1.29. The molecular weight excluding hydrogens is 529 g/mol. The molecule has 8 nitrogen and oxygen atoms in total. The van der Waals surface area contributed by atoms with Crippen LogP contribution in [0.15, 0.2) is 60.7 Å². The Bertz CT molecular complexity index is 1040. The number of alkyl halides is 3. The minimum atomic E-state index is -4.35. The van der Waals surface area contributed by atoms with Crippen molar-refractivity contribution in [3.63, 3.8) is 0 Å². The molecule has 0 amide bonds. The standard InChI is InChI=1S/C25H33F3N2O2.C4H4O4/c1-29-15-14-24(32-23-12-8-21(9-13-23)25(26,27)28)20-6-10-22(11-7-20)31-19-5-18-30-16-3-2-4-17-30;5-3(6)1-2-4(7)8/h6-13,24,29H,2-5,14-19H2,1H3;1-2H,(H,5,6)(H,7,8). The van der Waals surface area contributed by atoms with E-state index in [1.54, 1.807) is 0 Å². The first-order chi connectivity index (χ1) is 19.1. The Hall–Kier alpha value is -3.57. The van der Waals surface area contributed by atoms with Gasteiger partial charge in [-0.1, -0.05) is 18.6 Å². The zero-order valence-corrected chi connectivity index (χ0v) is 22.5. The van der Waals surface area contributed by atoms with Crippen LogP contribution in [0, 0.1) is 0 Å². The van der Waals surface area contributed by atoms with Crippen LogP contribution in [0.1, 0.15) is 49.3 Å². The maximum Gasteiger partial charge on any atom is 0.416 e. The number of carbonyl (C=O) groups is 2. The van der Waals surface area contributed by atoms with Crippen LogP contribution < -0.4 is 14.8 Å². The van der Waals surface area contributed by atoms with Crippen LogP contribution in [-0.2, 0) is 15.8 Å². The van der Waals surface area contributed by atoms with Gasteiger partial charge in [-0.2, -0.15) is 13.2 Å². The highest BCUT2D eigenvalue weighted by atomic mass is 19.4. The van der Waals surface area contributed by atoms with Crippen LogP contribution in [0.4, 0.5) is 13.2 Å². The molecule has 1 atom stereocenters. The van der Waals surface area contributed by atoms with E-state index >= 15 is 0 Å². The molecule has 0 radical (unpaired) electrons. The number of rotatable bonds is 13. The molecule has 0 saturated carbocycles. The third-order valence-corrected chi connectivity index (χ3v) is 6.07. The van der Waals surface area contributed by atoms with E-state index in [0.717, 1.165) is 43.0 Å². The topological polar surface area (TPSA) is 108 Å². The number of benzene rings is 2. The van der Waals surface area contributed by atoms with E-state index in [9.17, 15) is 22.8 Å². The third-order valence-electron chi connectivity index (χ3n) is 6.07. The summed E-state index contributed by atoms with van der Waals surface area (Å²) < 4.78 is 50.3. The Labute approximate surface area is 232 Å². The highest BCUT2D eigenvalue weighted by Gasteiger charge is 2.30. The largest absolute Gasteiger partial charge is 0.494 e. The Balaban J connectivity index is 0.000000611. The number of nitrogens with one attached hydrogen (secondary N) is 1. The third kappa shape index (κ3) is 13.0. The van der Waals surface area contributed by atoms with Gasteiger partial charge < -0.3 is 29.9 Å². The van der Waals surface area contributed by atoms with E-state index in [1.807, 2.05) is 31.3 Å². The molecule has 1 aliphatic rings. The lowest BCUT2D eigenvalue weighted by atomic mass is 10.1. The van der Waals surface area contributed by atoms with Gasteiger partial charge in [0, 0.05) is 25.1 Å². The van der Waals surface area contributed by atoms with Crippen molar-refractivity contribution in [3.8, 4) is 11.5 Å². The van der Waals surface area contributed by atoms with Crippen LogP contribution in [0.3, 0.4) is 0 Å². The average Bonchev–Trinajstić information content (AvgIpc) is 2.93. The number of ether oxygens (including phenoxy) is 2. The number of nitrogens with zero attached hydrogens (tertiary/aromatic N) is 1. The monoisotopic (exact) mass is 566 g/mol. The Morgan fingerprint density at radius 2 is 1.52 bits per heavy atom. The maximum atomic E-state index is 12.8. The van der Waals surface area contributed by atoms with Gasteiger partial charge in [0.15, 0.2) is 0 Å². The molecule has 0 aliphatic carbocycles. The Kier molecular flexibility index (Phi) is 14.0. The van der Waals surface area contributed by atoms with Crippen LogP contribution in [-0.4, -0.2) is 66.9 Å². The van der Waals surface area contributed by atoms with Gasteiger partial charge in [0.1, 0.15) is 17.6 Å². The van der Waals surface area contributed by atoms with Crippen LogP contribution >= 0.6 is 0 Å². The van der Waals surface area contributed by atoms with Gasteiger partial charge in [-0.3, -0.25) is 0 Å². The second-order valence-corrected chi connectivity index (χ2v) is 9.20. The number of piperidine rings is 1. The lowest BCUT2D eigenvalue weighted by Gasteiger charge is -2.26. The van der Waals surface area contributed by atoms with Crippen molar-refractivity contribution in [3.05, 3.63) is 71.8 Å². The van der Waals surface area contributed by atoms with Gasteiger partial charge in [0.05, 0.1) is 12.2 Å². The molecule has 2 aromatic rings. The summed E-state index contributed by atoms with van der Waals surface area (Å²) in [5.41, 5.74) is 0.277. The van der Waals surface area contributed by atoms with Crippen molar-refractivity contribution in [2.45, 2.75) is 44.4 Å². The fourth-order valence-corrected chi connectivity index (χ4v) is 4.04. The van der Waals surface area contributed by atoms with Crippen molar-refractivity contribution >= 4 is 11.9 Å². The minimum absolute atomic E-state index is 0.271. The Morgan fingerprint density at radius 3 is 2.05 bits per heavy atom. The second kappa shape index (κ2) is 17.2. The van der Waals surface area contributed by atoms with Crippen molar-refractivity contribution in [2.24, 2.45) is 0 Å². The molecule has 0 aromatic heterocycles. The van der Waals surface area contributed by atoms with Gasteiger partial charge in [0.2, 0.25) is 0 Å². The zero-order chi connectivity index (χ0) is 29.4. The minimum Gasteiger partial charge on any atom is -0.494 e. The molecule has 40 heavy (non-hydrogen) atoms. The normalized spacial score (nSPS) is 14.7. The van der Waals surface area contributed by atoms with E-state index in [-0.39, 0.29) is 6.10 Å². The first kappa shape index (κ1) is 32.6. The molecule has 220 valence electrons. The highest BCUT2D eigenvalue weighted by molar-refractivity contribution is 5.89. The van der Waals surface area contributed by atoms with Crippen molar-refractivity contribution in [1.82, 2.24) is 10.2 Å². The molecule has 1 fully saturated rings. The number of carboxylic acid groups (broad SMARTS) is 2. The summed E-state index contributed by atoms with van der Waals surface area (Å²) in [5, 5.41) is 18.7. The molecule has 2 aromatic carbocycles. The van der Waals surface area contributed by atoms with Crippen LogP contribution in [0.5, 0.6) is 11.5 Å². The van der Waals surface area contributed by atoms with E-state index in [0.29, 0.717) is 30.9 Å². The van der Waals surface area contributed by atoms with E-state index in [2.05, 4.69) is 10.2 Å². The Morgan fingerprint density at radius 1 is 0.950 bits per heavy atom. The summed E-state index contributed by atoms with van der Waals surface area (Å²) in [6.07, 6.45) is 2.12. The molecule has 1 heterocycles. The average molecular weight is 567 g/mol. The van der Waals surface area contributed by atoms with Gasteiger partial charge in [-0.05, 0) is 87.9 Å². The molecule has 0 spiro atoms. The van der Waals surface area contributed by atoms with Crippen LogP contribution in [0.25, 0.3) is 0 Å². The molecule has 1 unspecified atom stereocenters. The first-order valence-corrected chi connectivity index (χ1v) is 13.2. The lowest BCUT2D eigenvalue weighted by Crippen LogP contribution is -2.31. The molecule has 0 bridgehead atoms. The van der Waals surface area contributed by atoms with E-state index in [4.69, 9.17) is 19.7 Å². The maximum absolute atomic E-state index is 12.8. The smallest absolute Gasteiger partial charge is 0.416 e. The van der Waals surface area contributed by atoms with Crippen LogP contribution in [0.2, 0.25) is 0 Å². The van der Waals surface area contributed by atoms with Gasteiger partial charge in [0.25, 0.3) is 0 Å². The number of hydrogen-bond donors (Lipinski definition) is 3. The second-order valence-electron chi connectivity index (χ2n) is 9.20. The number of likely N-dealkylation sites (tertiary alicyclic amines) is 1. The number of hydrogen-bond acceptors (Lipinski definition) is 6. The first-order valence-electron chi connectivity index (χ1n) is 13.2. The van der Waals surface area contributed by atoms with Gasteiger partial charge in [-0.25, -0.2) is 9.59 Å². The molecule has 11 heteroatoms. The summed E-state index contributed by atoms with van der Waals surface area (Å²) in [7, 11) is 1.86. The quantitative estimate of drug-likeness (QED) is 0.219. The predicted molar refractivity (Wildman–Crippen MR) is 145 cm³/mol. The lowest BCUT2D eigenvalue weighted by molar-refractivity contribution is -0.137. The molecule has 1 aliphatic heterocycles. The molecule has 1 saturated heterocycles. The van der Waals surface area contributed by atoms with Crippen molar-refractivity contribution < 1.29 is 42.4 Å². The van der Waals surface area contributed by atoms with Crippen molar-refractivity contribution in [2.75, 3.05) is 39.8 Å². The summed E-state index contributed by atoms with van der Waals surface area (Å²) in [4.78, 5) is 21.6. The number of halogens is 3. The summed E-state index contributed by atoms with van der Waals surface area (Å²) >= 11 is 0. The summed E-state index contributed by atoms with van der Waals surface area (Å²) in [6, 6.07) is 12.6. The number of aliphatic carboxylic acids is 2. The van der Waals surface area contributed by atoms with E-state index < -0.39 is 23.7 Å². The highest BCUT2D eigenvalue weighted by Crippen LogP contribution is 2.32. The fraction of sp³-hybridized carbons (Fsp3) is 0.448. The van der Waals surface area contributed by atoms with E-state index in [1.165, 1.54) is 44.5 Å². The van der Waals surface area contributed by atoms with Gasteiger partial charge >= 0.3 is 18.1 Å². The SMILES string of the molecule is CNCCC(Oc1ccc(C(F)(F)F)cc1)c1ccc(OCCCN2CCCCC2)cc1.O=C(O)C=CC(=O)O.